The first-order valence-corrected chi connectivity index (χ1v) is 9.26. The number of nitrogens with zero attached hydrogens (tertiary/aromatic N) is 1. The summed E-state index contributed by atoms with van der Waals surface area (Å²) < 4.78 is 1.04. The molecule has 3 rings (SSSR count). The van der Waals surface area contributed by atoms with Crippen LogP contribution >= 0.6 is 38.6 Å². The van der Waals surface area contributed by atoms with Gasteiger partial charge in [-0.3, -0.25) is 10.1 Å². The van der Waals surface area contributed by atoms with E-state index in [1.165, 1.54) is 27.6 Å². The van der Waals surface area contributed by atoms with Crippen molar-refractivity contribution in [3.05, 3.63) is 56.0 Å². The van der Waals surface area contributed by atoms with E-state index in [1.807, 2.05) is 41.8 Å². The number of carbonyl (C=O) groups is 1. The molecule has 112 valence electrons. The molecule has 0 unspecified atom stereocenters. The summed E-state index contributed by atoms with van der Waals surface area (Å²) >= 11 is 6.40. The van der Waals surface area contributed by atoms with Crippen LogP contribution in [0.2, 0.25) is 0 Å². The number of halogens is 1. The van der Waals surface area contributed by atoms with Gasteiger partial charge in [-0.1, -0.05) is 41.1 Å². The van der Waals surface area contributed by atoms with E-state index in [-0.39, 0.29) is 5.91 Å². The predicted octanol–water partition coefficient (Wildman–Crippen LogP) is 5.45. The highest BCUT2D eigenvalue weighted by Crippen LogP contribution is 2.32. The Labute approximate surface area is 145 Å². The van der Waals surface area contributed by atoms with Crippen molar-refractivity contribution >= 4 is 49.6 Å². The number of aryl methyl sites for hydroxylation is 1. The number of hydrogen-bond donors (Lipinski definition) is 1. The van der Waals surface area contributed by atoms with Crippen LogP contribution in [0.3, 0.4) is 0 Å². The van der Waals surface area contributed by atoms with E-state index < -0.39 is 0 Å². The van der Waals surface area contributed by atoms with Crippen LogP contribution in [0, 0.1) is 0 Å². The maximum absolute atomic E-state index is 12.1. The number of carbonyl (C=O) groups excluding carboxylic acids is 1. The molecule has 0 saturated carbocycles. The van der Waals surface area contributed by atoms with E-state index in [0.717, 1.165) is 22.2 Å². The van der Waals surface area contributed by atoms with E-state index in [2.05, 4.69) is 33.2 Å². The molecule has 2 heterocycles. The van der Waals surface area contributed by atoms with Gasteiger partial charge in [0, 0.05) is 14.9 Å². The highest BCUT2D eigenvalue weighted by Gasteiger charge is 2.15. The number of thiazole rings is 1. The monoisotopic (exact) mass is 392 g/mol. The Hall–Kier alpha value is -1.50. The van der Waals surface area contributed by atoms with Gasteiger partial charge in [0.2, 0.25) is 0 Å². The highest BCUT2D eigenvalue weighted by molar-refractivity contribution is 9.10. The fraction of sp³-hybridized carbons (Fsp3) is 0.125. The van der Waals surface area contributed by atoms with Crippen molar-refractivity contribution in [3.63, 3.8) is 0 Å². The molecule has 0 fully saturated rings. The van der Waals surface area contributed by atoms with Crippen LogP contribution in [0.25, 0.3) is 11.3 Å². The van der Waals surface area contributed by atoms with Gasteiger partial charge in [-0.05, 0) is 30.0 Å². The fourth-order valence-corrected chi connectivity index (χ4v) is 3.85. The number of thiophene rings is 1. The van der Waals surface area contributed by atoms with Crippen molar-refractivity contribution in [1.29, 1.82) is 0 Å². The quantitative estimate of drug-likeness (QED) is 0.641. The minimum absolute atomic E-state index is 0.103. The second-order valence-corrected chi connectivity index (χ2v) is 7.53. The molecule has 1 aromatic carbocycles. The molecule has 1 N–H and O–H groups in total. The van der Waals surface area contributed by atoms with Gasteiger partial charge in [0.05, 0.1) is 10.6 Å². The van der Waals surface area contributed by atoms with Crippen molar-refractivity contribution < 1.29 is 4.79 Å². The third kappa shape index (κ3) is 3.29. The third-order valence-electron chi connectivity index (χ3n) is 3.10. The van der Waals surface area contributed by atoms with Crippen molar-refractivity contribution in [1.82, 2.24) is 4.98 Å². The molecule has 0 radical (unpaired) electrons. The van der Waals surface area contributed by atoms with Gasteiger partial charge in [-0.25, -0.2) is 4.98 Å². The third-order valence-corrected chi connectivity index (χ3v) is 5.61. The predicted molar refractivity (Wildman–Crippen MR) is 96.9 cm³/mol. The SMILES string of the molecule is CCc1sc(NC(=O)c2cccs2)nc1-c1ccc(Br)cc1. The molecule has 3 aromatic rings. The van der Waals surface area contributed by atoms with E-state index in [1.54, 1.807) is 0 Å². The number of aromatic nitrogens is 1. The van der Waals surface area contributed by atoms with Gasteiger partial charge in [-0.15, -0.1) is 22.7 Å². The van der Waals surface area contributed by atoms with E-state index in [0.29, 0.717) is 10.0 Å². The van der Waals surface area contributed by atoms with Gasteiger partial charge in [0.25, 0.3) is 5.91 Å². The number of benzene rings is 1. The van der Waals surface area contributed by atoms with Crippen LogP contribution in [0.15, 0.2) is 46.3 Å². The molecule has 0 atom stereocenters. The molecular formula is C16H13BrN2OS2. The minimum atomic E-state index is -0.103. The van der Waals surface area contributed by atoms with Crippen molar-refractivity contribution in [3.8, 4) is 11.3 Å². The maximum atomic E-state index is 12.1. The van der Waals surface area contributed by atoms with E-state index in [9.17, 15) is 4.79 Å². The largest absolute Gasteiger partial charge is 0.297 e. The van der Waals surface area contributed by atoms with Crippen LogP contribution in [0.5, 0.6) is 0 Å². The maximum Gasteiger partial charge on any atom is 0.267 e. The van der Waals surface area contributed by atoms with Crippen LogP contribution in [-0.4, -0.2) is 10.9 Å². The molecule has 2 aromatic heterocycles. The lowest BCUT2D eigenvalue weighted by Crippen LogP contribution is -2.09. The molecule has 0 saturated heterocycles. The number of amides is 1. The second-order valence-electron chi connectivity index (χ2n) is 4.58. The molecule has 0 aliphatic rings. The van der Waals surface area contributed by atoms with Crippen molar-refractivity contribution in [2.75, 3.05) is 5.32 Å². The van der Waals surface area contributed by atoms with Gasteiger partial charge < -0.3 is 0 Å². The Bertz CT molecular complexity index is 779. The first-order valence-electron chi connectivity index (χ1n) is 6.78. The highest BCUT2D eigenvalue weighted by atomic mass is 79.9. The minimum Gasteiger partial charge on any atom is -0.297 e. The van der Waals surface area contributed by atoms with E-state index in [4.69, 9.17) is 0 Å². The molecule has 6 heteroatoms. The molecule has 3 nitrogen and oxygen atoms in total. The molecule has 1 amide bonds. The fourth-order valence-electron chi connectivity index (χ4n) is 2.04. The Kier molecular flexibility index (Phi) is 4.71. The van der Waals surface area contributed by atoms with Crippen molar-refractivity contribution in [2.45, 2.75) is 13.3 Å². The number of anilines is 1. The lowest BCUT2D eigenvalue weighted by atomic mass is 10.1. The summed E-state index contributed by atoms with van der Waals surface area (Å²) in [5, 5.41) is 5.43. The molecular weight excluding hydrogens is 380 g/mol. The second kappa shape index (κ2) is 6.73. The topological polar surface area (TPSA) is 42.0 Å². The molecule has 0 spiro atoms. The van der Waals surface area contributed by atoms with Gasteiger partial charge in [0.1, 0.15) is 0 Å². The first kappa shape index (κ1) is 15.4. The van der Waals surface area contributed by atoms with Crippen LogP contribution in [-0.2, 0) is 6.42 Å². The summed E-state index contributed by atoms with van der Waals surface area (Å²) in [6, 6.07) is 11.7. The first-order chi connectivity index (χ1) is 10.7. The Balaban J connectivity index is 1.88. The van der Waals surface area contributed by atoms with Gasteiger partial charge in [0.15, 0.2) is 5.13 Å². The normalized spacial score (nSPS) is 10.6. The summed E-state index contributed by atoms with van der Waals surface area (Å²) in [6.07, 6.45) is 0.887. The van der Waals surface area contributed by atoms with Crippen LogP contribution in [0.1, 0.15) is 21.5 Å². The number of rotatable bonds is 4. The lowest BCUT2D eigenvalue weighted by molar-refractivity contribution is 0.103. The van der Waals surface area contributed by atoms with Crippen LogP contribution in [0.4, 0.5) is 5.13 Å². The Morgan fingerprint density at radius 1 is 1.27 bits per heavy atom. The number of nitrogens with one attached hydrogen (secondary N) is 1. The average Bonchev–Trinajstić information content (AvgIpc) is 3.17. The smallest absolute Gasteiger partial charge is 0.267 e. The summed E-state index contributed by atoms with van der Waals surface area (Å²) in [6.45, 7) is 2.10. The van der Waals surface area contributed by atoms with E-state index >= 15 is 0 Å². The summed E-state index contributed by atoms with van der Waals surface area (Å²) in [5.41, 5.74) is 2.01. The summed E-state index contributed by atoms with van der Waals surface area (Å²) in [7, 11) is 0. The average molecular weight is 393 g/mol. The Morgan fingerprint density at radius 3 is 2.68 bits per heavy atom. The lowest BCUT2D eigenvalue weighted by Gasteiger charge is -2.00. The molecule has 0 bridgehead atoms. The zero-order valence-electron chi connectivity index (χ0n) is 11.8. The zero-order valence-corrected chi connectivity index (χ0v) is 15.0. The number of hydrogen-bond acceptors (Lipinski definition) is 4. The summed E-state index contributed by atoms with van der Waals surface area (Å²) in [4.78, 5) is 18.6. The Morgan fingerprint density at radius 2 is 2.05 bits per heavy atom. The summed E-state index contributed by atoms with van der Waals surface area (Å²) in [5.74, 6) is -0.103. The van der Waals surface area contributed by atoms with Crippen molar-refractivity contribution in [2.24, 2.45) is 0 Å². The van der Waals surface area contributed by atoms with Gasteiger partial charge in [-0.2, -0.15) is 0 Å². The molecule has 22 heavy (non-hydrogen) atoms. The van der Waals surface area contributed by atoms with Gasteiger partial charge >= 0.3 is 0 Å². The molecule has 0 aliphatic carbocycles. The molecule has 0 aliphatic heterocycles. The van der Waals surface area contributed by atoms with Crippen LogP contribution < -0.4 is 5.32 Å². The standard InChI is InChI=1S/C16H13BrN2OS2/c1-2-12-14(10-5-7-11(17)8-6-10)18-16(22-12)19-15(20)13-4-3-9-21-13/h3-9H,2H2,1H3,(H,18,19,20). The zero-order chi connectivity index (χ0) is 15.5.